The minimum Gasteiger partial charge on any atom is -0.449 e. The third-order valence-corrected chi connectivity index (χ3v) is 2.24. The lowest BCUT2D eigenvalue weighted by molar-refractivity contribution is 0.153. The molecule has 0 saturated carbocycles. The van der Waals surface area contributed by atoms with Gasteiger partial charge in [0.15, 0.2) is 0 Å². The van der Waals surface area contributed by atoms with Gasteiger partial charge in [-0.05, 0) is 31.5 Å². The summed E-state index contributed by atoms with van der Waals surface area (Å²) < 4.78 is 5.09. The summed E-state index contributed by atoms with van der Waals surface area (Å²) in [4.78, 5) is 13.1. The van der Waals surface area contributed by atoms with Crippen molar-refractivity contribution in [2.45, 2.75) is 12.8 Å². The zero-order valence-corrected chi connectivity index (χ0v) is 10.8. The number of hydrogen-bond acceptors (Lipinski definition) is 3. The Morgan fingerprint density at radius 1 is 1.29 bits per heavy atom. The van der Waals surface area contributed by atoms with Crippen molar-refractivity contribution in [3.63, 3.8) is 0 Å². The molecule has 0 atom stereocenters. The van der Waals surface area contributed by atoms with E-state index in [9.17, 15) is 4.79 Å². The van der Waals surface area contributed by atoms with E-state index in [1.807, 2.05) is 30.3 Å². The Bertz CT molecular complexity index is 320. The number of nitrogens with two attached hydrogens (primary N) is 1. The average molecular weight is 259 g/mol. The van der Waals surface area contributed by atoms with Crippen LogP contribution in [0.5, 0.6) is 0 Å². The SMILES string of the molecule is CN(C(=O)OCCCCN)c1ccccc1.Cl. The van der Waals surface area contributed by atoms with Crippen molar-refractivity contribution in [1.29, 1.82) is 0 Å². The van der Waals surface area contributed by atoms with Gasteiger partial charge < -0.3 is 10.5 Å². The van der Waals surface area contributed by atoms with Crippen LogP contribution in [-0.4, -0.2) is 26.3 Å². The van der Waals surface area contributed by atoms with Crippen molar-refractivity contribution >= 4 is 24.2 Å². The van der Waals surface area contributed by atoms with Gasteiger partial charge in [-0.25, -0.2) is 4.79 Å². The first-order chi connectivity index (χ1) is 7.75. The predicted molar refractivity (Wildman–Crippen MR) is 71.7 cm³/mol. The van der Waals surface area contributed by atoms with Crippen LogP contribution in [0.25, 0.3) is 0 Å². The number of halogens is 1. The largest absolute Gasteiger partial charge is 0.449 e. The first-order valence-electron chi connectivity index (χ1n) is 5.41. The standard InChI is InChI=1S/C12H18N2O2.ClH/c1-14(11-7-3-2-4-8-11)12(15)16-10-6-5-9-13;/h2-4,7-8H,5-6,9-10,13H2,1H3;1H. The van der Waals surface area contributed by atoms with E-state index in [-0.39, 0.29) is 18.5 Å². The zero-order valence-electron chi connectivity index (χ0n) is 9.96. The highest BCUT2D eigenvalue weighted by atomic mass is 35.5. The van der Waals surface area contributed by atoms with Crippen molar-refractivity contribution in [2.24, 2.45) is 5.73 Å². The molecule has 1 aromatic carbocycles. The number of para-hydroxylation sites is 1. The maximum atomic E-state index is 11.6. The number of hydrogen-bond donors (Lipinski definition) is 1. The first kappa shape index (κ1) is 15.7. The number of amides is 1. The topological polar surface area (TPSA) is 55.6 Å². The Morgan fingerprint density at radius 2 is 1.94 bits per heavy atom. The Kier molecular flexibility index (Phi) is 8.19. The van der Waals surface area contributed by atoms with Crippen molar-refractivity contribution in [3.8, 4) is 0 Å². The van der Waals surface area contributed by atoms with E-state index in [4.69, 9.17) is 10.5 Å². The van der Waals surface area contributed by atoms with E-state index in [0.717, 1.165) is 18.5 Å². The van der Waals surface area contributed by atoms with Crippen LogP contribution in [-0.2, 0) is 4.74 Å². The van der Waals surface area contributed by atoms with Crippen LogP contribution in [0, 0.1) is 0 Å². The second kappa shape index (κ2) is 8.84. The van der Waals surface area contributed by atoms with Crippen LogP contribution in [0.1, 0.15) is 12.8 Å². The lowest BCUT2D eigenvalue weighted by Gasteiger charge is -2.16. The minimum absolute atomic E-state index is 0. The Balaban J connectivity index is 0.00000256. The van der Waals surface area contributed by atoms with Crippen LogP contribution in [0.3, 0.4) is 0 Å². The van der Waals surface area contributed by atoms with E-state index >= 15 is 0 Å². The maximum Gasteiger partial charge on any atom is 0.414 e. The van der Waals surface area contributed by atoms with Crippen LogP contribution in [0.15, 0.2) is 30.3 Å². The smallest absolute Gasteiger partial charge is 0.414 e. The second-order valence-electron chi connectivity index (χ2n) is 3.50. The third kappa shape index (κ3) is 5.56. The van der Waals surface area contributed by atoms with E-state index in [1.165, 1.54) is 4.90 Å². The van der Waals surface area contributed by atoms with Crippen LogP contribution >= 0.6 is 12.4 Å². The van der Waals surface area contributed by atoms with Gasteiger partial charge in [-0.2, -0.15) is 0 Å². The summed E-state index contributed by atoms with van der Waals surface area (Å²) >= 11 is 0. The normalized spacial score (nSPS) is 9.29. The van der Waals surface area contributed by atoms with Gasteiger partial charge in [0.2, 0.25) is 0 Å². The fourth-order valence-corrected chi connectivity index (χ4v) is 1.26. The monoisotopic (exact) mass is 258 g/mol. The van der Waals surface area contributed by atoms with Gasteiger partial charge in [-0.1, -0.05) is 18.2 Å². The van der Waals surface area contributed by atoms with Crippen LogP contribution in [0.4, 0.5) is 10.5 Å². The number of carbonyl (C=O) groups excluding carboxylic acids is 1. The number of unbranched alkanes of at least 4 members (excludes halogenated alkanes) is 1. The van der Waals surface area contributed by atoms with E-state index in [2.05, 4.69) is 0 Å². The highest BCUT2D eigenvalue weighted by molar-refractivity contribution is 5.86. The number of benzene rings is 1. The number of ether oxygens (including phenoxy) is 1. The molecule has 5 heteroatoms. The molecule has 0 aliphatic rings. The third-order valence-electron chi connectivity index (χ3n) is 2.24. The molecule has 0 bridgehead atoms. The first-order valence-corrected chi connectivity index (χ1v) is 5.41. The molecule has 0 unspecified atom stereocenters. The van der Waals surface area contributed by atoms with Crippen molar-refractivity contribution in [1.82, 2.24) is 0 Å². The minimum atomic E-state index is -0.330. The molecular formula is C12H19ClN2O2. The fourth-order valence-electron chi connectivity index (χ4n) is 1.26. The van der Waals surface area contributed by atoms with Crippen molar-refractivity contribution in [3.05, 3.63) is 30.3 Å². The van der Waals surface area contributed by atoms with Gasteiger partial charge in [0, 0.05) is 12.7 Å². The number of nitrogens with zero attached hydrogens (tertiary/aromatic N) is 1. The van der Waals surface area contributed by atoms with Gasteiger partial charge in [0.1, 0.15) is 0 Å². The molecule has 17 heavy (non-hydrogen) atoms. The van der Waals surface area contributed by atoms with Crippen molar-refractivity contribution < 1.29 is 9.53 Å². The molecule has 4 nitrogen and oxygen atoms in total. The molecule has 0 heterocycles. The summed E-state index contributed by atoms with van der Waals surface area (Å²) in [5, 5.41) is 0. The molecule has 1 amide bonds. The highest BCUT2D eigenvalue weighted by Gasteiger charge is 2.10. The summed E-state index contributed by atoms with van der Waals surface area (Å²) in [6.07, 6.45) is 1.36. The molecule has 96 valence electrons. The lowest BCUT2D eigenvalue weighted by atomic mass is 10.3. The molecular weight excluding hydrogens is 240 g/mol. The molecule has 0 saturated heterocycles. The number of carbonyl (C=O) groups is 1. The maximum absolute atomic E-state index is 11.6. The molecule has 0 aliphatic carbocycles. The summed E-state index contributed by atoms with van der Waals surface area (Å²) in [5.41, 5.74) is 6.17. The van der Waals surface area contributed by atoms with Gasteiger partial charge in [0.25, 0.3) is 0 Å². The average Bonchev–Trinajstić information content (AvgIpc) is 2.34. The van der Waals surface area contributed by atoms with E-state index in [1.54, 1.807) is 7.05 Å². The van der Waals surface area contributed by atoms with Gasteiger partial charge in [-0.15, -0.1) is 12.4 Å². The summed E-state index contributed by atoms with van der Waals surface area (Å²) in [5.74, 6) is 0. The number of anilines is 1. The van der Waals surface area contributed by atoms with Crippen molar-refractivity contribution in [2.75, 3.05) is 25.1 Å². The lowest BCUT2D eigenvalue weighted by Crippen LogP contribution is -2.27. The zero-order chi connectivity index (χ0) is 11.8. The molecule has 0 fully saturated rings. The van der Waals surface area contributed by atoms with Crippen LogP contribution in [0.2, 0.25) is 0 Å². The molecule has 2 N–H and O–H groups in total. The Hall–Kier alpha value is -1.26. The van der Waals surface area contributed by atoms with Gasteiger partial charge in [0.05, 0.1) is 6.61 Å². The summed E-state index contributed by atoms with van der Waals surface area (Å²) in [7, 11) is 1.70. The van der Waals surface area contributed by atoms with Gasteiger partial charge in [-0.3, -0.25) is 4.90 Å². The molecule has 1 aromatic rings. The molecule has 0 aromatic heterocycles. The van der Waals surface area contributed by atoms with Gasteiger partial charge >= 0.3 is 6.09 Å². The highest BCUT2D eigenvalue weighted by Crippen LogP contribution is 2.11. The quantitative estimate of drug-likeness (QED) is 0.826. The van der Waals surface area contributed by atoms with E-state index < -0.39 is 0 Å². The molecule has 0 aliphatic heterocycles. The van der Waals surface area contributed by atoms with Crippen LogP contribution < -0.4 is 10.6 Å². The molecule has 0 radical (unpaired) electrons. The Labute approximate surface area is 108 Å². The Morgan fingerprint density at radius 3 is 2.53 bits per heavy atom. The fraction of sp³-hybridized carbons (Fsp3) is 0.417. The van der Waals surface area contributed by atoms with E-state index in [0.29, 0.717) is 13.2 Å². The predicted octanol–water partition coefficient (Wildman–Crippen LogP) is 2.42. The molecule has 1 rings (SSSR count). The number of rotatable bonds is 5. The second-order valence-corrected chi connectivity index (χ2v) is 3.50. The summed E-state index contributed by atoms with van der Waals surface area (Å²) in [6, 6.07) is 9.40. The summed E-state index contributed by atoms with van der Waals surface area (Å²) in [6.45, 7) is 1.05. The molecule has 0 spiro atoms.